The predicted octanol–water partition coefficient (Wildman–Crippen LogP) is 0.377. The standard InChI is InChI=1S/C28H30N10O4/c29-26-32-15-37(36-26)27-31-13-20-25(35-27)38(21-11-19(23(41)24(21)42)33-22(40)14-39)28(34-20)30-12-18(16-7-3-1-4-8-16)17-9-5-2-6-10-17/h1-10,13,15,18-19,21,23-24,39,41-42H,11-12,14H2,(H2,29,36)(H,30,34)(H,33,40)/t19-,21+,23+,24-/m0/s1. The SMILES string of the molecule is Nc1ncn(-c2ncc3nc(NCC(c4ccccc4)c4ccccc4)n([C@@H]4C[C@H](NC(=O)CO)[C@@H](O)[C@H]4O)c3n2)n1. The number of nitrogen functional groups attached to an aromatic ring is 1. The van der Waals surface area contributed by atoms with Gasteiger partial charge < -0.3 is 31.7 Å². The molecule has 0 bridgehead atoms. The Morgan fingerprint density at radius 1 is 1.00 bits per heavy atom. The summed E-state index contributed by atoms with van der Waals surface area (Å²) in [4.78, 5) is 29.6. The molecule has 216 valence electrons. The second-order valence-electron chi connectivity index (χ2n) is 10.1. The highest BCUT2D eigenvalue weighted by atomic mass is 16.3. The highest BCUT2D eigenvalue weighted by Gasteiger charge is 2.44. The van der Waals surface area contributed by atoms with Gasteiger partial charge in [0.2, 0.25) is 17.8 Å². The van der Waals surface area contributed by atoms with E-state index in [0.717, 1.165) is 11.1 Å². The number of benzene rings is 2. The molecule has 2 aromatic carbocycles. The van der Waals surface area contributed by atoms with E-state index in [1.54, 1.807) is 4.57 Å². The summed E-state index contributed by atoms with van der Waals surface area (Å²) in [5, 5.41) is 41.3. The number of nitrogens with one attached hydrogen (secondary N) is 2. The van der Waals surface area contributed by atoms with Crippen LogP contribution in [0, 0.1) is 0 Å². The fourth-order valence-corrected chi connectivity index (χ4v) is 5.46. The van der Waals surface area contributed by atoms with Crippen LogP contribution in [0.3, 0.4) is 0 Å². The van der Waals surface area contributed by atoms with E-state index in [1.807, 2.05) is 36.4 Å². The number of hydrogen-bond acceptors (Lipinski definition) is 11. The summed E-state index contributed by atoms with van der Waals surface area (Å²) in [6.45, 7) is -0.282. The van der Waals surface area contributed by atoms with Gasteiger partial charge in [0.1, 0.15) is 30.7 Å². The third kappa shape index (κ3) is 5.25. The normalized spacial score (nSPS) is 20.3. The van der Waals surface area contributed by atoms with E-state index in [-0.39, 0.29) is 24.2 Å². The second kappa shape index (κ2) is 11.5. The minimum Gasteiger partial charge on any atom is -0.388 e. The van der Waals surface area contributed by atoms with Crippen LogP contribution in [-0.2, 0) is 4.79 Å². The number of amides is 1. The smallest absolute Gasteiger partial charge is 0.254 e. The number of hydrogen-bond donors (Lipinski definition) is 6. The number of aromatic nitrogens is 7. The molecule has 1 fully saturated rings. The highest BCUT2D eigenvalue weighted by Crippen LogP contribution is 2.36. The van der Waals surface area contributed by atoms with E-state index in [9.17, 15) is 20.1 Å². The van der Waals surface area contributed by atoms with Gasteiger partial charge in [-0.05, 0) is 17.5 Å². The molecule has 3 heterocycles. The first-order chi connectivity index (χ1) is 20.4. The van der Waals surface area contributed by atoms with Crippen LogP contribution in [0.2, 0.25) is 0 Å². The van der Waals surface area contributed by atoms with Crippen molar-refractivity contribution < 1.29 is 20.1 Å². The number of nitrogens with two attached hydrogens (primary N) is 1. The van der Waals surface area contributed by atoms with Gasteiger partial charge in [-0.3, -0.25) is 9.36 Å². The van der Waals surface area contributed by atoms with Crippen LogP contribution in [0.25, 0.3) is 17.1 Å². The molecule has 0 spiro atoms. The summed E-state index contributed by atoms with van der Waals surface area (Å²) in [6.07, 6.45) is 0.520. The first-order valence-corrected chi connectivity index (χ1v) is 13.5. The van der Waals surface area contributed by atoms with Crippen molar-refractivity contribution in [2.75, 3.05) is 24.2 Å². The topological polar surface area (TPSA) is 202 Å². The van der Waals surface area contributed by atoms with Crippen molar-refractivity contribution in [1.82, 2.24) is 39.6 Å². The zero-order valence-corrected chi connectivity index (χ0v) is 22.4. The number of fused-ring (bicyclic) bond motifs is 1. The van der Waals surface area contributed by atoms with Gasteiger partial charge in [-0.1, -0.05) is 60.7 Å². The van der Waals surface area contributed by atoms with E-state index in [0.29, 0.717) is 23.7 Å². The molecule has 6 rings (SSSR count). The summed E-state index contributed by atoms with van der Waals surface area (Å²) in [5.74, 6) is -0.0427. The molecule has 1 saturated carbocycles. The van der Waals surface area contributed by atoms with Crippen molar-refractivity contribution in [3.63, 3.8) is 0 Å². The fraction of sp³-hybridized carbons (Fsp3) is 0.286. The molecular weight excluding hydrogens is 540 g/mol. The van der Waals surface area contributed by atoms with Gasteiger partial charge >= 0.3 is 0 Å². The van der Waals surface area contributed by atoms with Crippen molar-refractivity contribution in [2.24, 2.45) is 0 Å². The number of imidazole rings is 1. The van der Waals surface area contributed by atoms with Crippen LogP contribution in [0.15, 0.2) is 73.2 Å². The lowest BCUT2D eigenvalue weighted by Crippen LogP contribution is -2.44. The molecule has 14 heteroatoms. The first kappa shape index (κ1) is 27.3. The number of aliphatic hydroxyl groups excluding tert-OH is 3. The Morgan fingerprint density at radius 3 is 2.31 bits per heavy atom. The molecule has 7 N–H and O–H groups in total. The number of carbonyl (C=O) groups excluding carboxylic acids is 1. The van der Waals surface area contributed by atoms with E-state index < -0.39 is 36.8 Å². The van der Waals surface area contributed by atoms with Crippen molar-refractivity contribution >= 4 is 29.0 Å². The Morgan fingerprint density at radius 2 is 1.69 bits per heavy atom. The molecule has 0 aliphatic heterocycles. The average Bonchev–Trinajstić information content (AvgIpc) is 3.69. The summed E-state index contributed by atoms with van der Waals surface area (Å²) in [7, 11) is 0. The fourth-order valence-electron chi connectivity index (χ4n) is 5.46. The monoisotopic (exact) mass is 570 g/mol. The largest absolute Gasteiger partial charge is 0.388 e. The Hall–Kier alpha value is -4.92. The molecule has 14 nitrogen and oxygen atoms in total. The van der Waals surface area contributed by atoms with E-state index in [1.165, 1.54) is 17.2 Å². The molecule has 0 saturated heterocycles. The molecule has 4 atom stereocenters. The Balaban J connectivity index is 1.41. The summed E-state index contributed by atoms with van der Waals surface area (Å²) in [6, 6.07) is 18.6. The maximum absolute atomic E-state index is 11.9. The molecular formula is C28H30N10O4. The van der Waals surface area contributed by atoms with Crippen molar-refractivity contribution in [3.8, 4) is 5.95 Å². The van der Waals surface area contributed by atoms with E-state index in [4.69, 9.17) is 10.7 Å². The van der Waals surface area contributed by atoms with Crippen LogP contribution in [0.1, 0.15) is 29.5 Å². The quantitative estimate of drug-likeness (QED) is 0.143. The van der Waals surface area contributed by atoms with Gasteiger partial charge in [0.05, 0.1) is 18.3 Å². The molecule has 1 aliphatic rings. The minimum absolute atomic E-state index is 0.0314. The van der Waals surface area contributed by atoms with Crippen LogP contribution >= 0.6 is 0 Å². The summed E-state index contributed by atoms with van der Waals surface area (Å²) in [5.41, 5.74) is 8.71. The molecule has 1 amide bonds. The maximum atomic E-state index is 11.9. The van der Waals surface area contributed by atoms with Gasteiger partial charge in [0, 0.05) is 12.5 Å². The summed E-state index contributed by atoms with van der Waals surface area (Å²) < 4.78 is 3.04. The van der Waals surface area contributed by atoms with Crippen molar-refractivity contribution in [2.45, 2.75) is 36.6 Å². The third-order valence-corrected chi connectivity index (χ3v) is 7.48. The molecule has 5 aromatic rings. The number of carbonyl (C=O) groups is 1. The molecule has 0 radical (unpaired) electrons. The second-order valence-corrected chi connectivity index (χ2v) is 10.1. The van der Waals surface area contributed by atoms with Gasteiger partial charge in [-0.2, -0.15) is 9.67 Å². The third-order valence-electron chi connectivity index (χ3n) is 7.48. The Labute approximate surface area is 239 Å². The Bertz CT molecular complexity index is 1640. The zero-order chi connectivity index (χ0) is 29.2. The number of nitrogens with zero attached hydrogens (tertiary/aromatic N) is 7. The molecule has 3 aromatic heterocycles. The van der Waals surface area contributed by atoms with Gasteiger partial charge in [0.25, 0.3) is 5.95 Å². The molecule has 1 aliphatic carbocycles. The lowest BCUT2D eigenvalue weighted by Gasteiger charge is -2.23. The predicted molar refractivity (Wildman–Crippen MR) is 153 cm³/mol. The van der Waals surface area contributed by atoms with Crippen LogP contribution in [-0.4, -0.2) is 86.9 Å². The minimum atomic E-state index is -1.28. The maximum Gasteiger partial charge on any atom is 0.254 e. The van der Waals surface area contributed by atoms with Crippen molar-refractivity contribution in [1.29, 1.82) is 0 Å². The molecule has 42 heavy (non-hydrogen) atoms. The summed E-state index contributed by atoms with van der Waals surface area (Å²) >= 11 is 0. The number of anilines is 2. The van der Waals surface area contributed by atoms with Gasteiger partial charge in [-0.15, -0.1) is 5.10 Å². The van der Waals surface area contributed by atoms with E-state index in [2.05, 4.69) is 54.9 Å². The van der Waals surface area contributed by atoms with Crippen LogP contribution < -0.4 is 16.4 Å². The molecule has 0 unspecified atom stereocenters. The lowest BCUT2D eigenvalue weighted by molar-refractivity contribution is -0.125. The van der Waals surface area contributed by atoms with E-state index >= 15 is 0 Å². The van der Waals surface area contributed by atoms with Crippen molar-refractivity contribution in [3.05, 3.63) is 84.3 Å². The number of rotatable bonds is 9. The lowest BCUT2D eigenvalue weighted by atomic mass is 9.91. The van der Waals surface area contributed by atoms with Gasteiger partial charge in [0.15, 0.2) is 5.65 Å². The zero-order valence-electron chi connectivity index (χ0n) is 22.4. The number of aliphatic hydroxyl groups is 3. The average molecular weight is 571 g/mol. The first-order valence-electron chi connectivity index (χ1n) is 13.5. The van der Waals surface area contributed by atoms with Crippen LogP contribution in [0.4, 0.5) is 11.9 Å². The van der Waals surface area contributed by atoms with Crippen LogP contribution in [0.5, 0.6) is 0 Å². The Kier molecular flexibility index (Phi) is 7.48. The highest BCUT2D eigenvalue weighted by molar-refractivity contribution is 5.77. The van der Waals surface area contributed by atoms with Gasteiger partial charge in [-0.25, -0.2) is 15.0 Å².